The van der Waals surface area contributed by atoms with E-state index in [0.29, 0.717) is 0 Å². The van der Waals surface area contributed by atoms with E-state index in [0.717, 1.165) is 35.5 Å². The number of carbonyl (C=O) groups is 4. The van der Waals surface area contributed by atoms with Crippen molar-refractivity contribution in [1.29, 1.82) is 0 Å². The molecule has 1 aliphatic heterocycles. The molecule has 0 unspecified atom stereocenters. The predicted octanol–water partition coefficient (Wildman–Crippen LogP) is 0.102. The fraction of sp³-hybridized carbons (Fsp3) is 0.692. The van der Waals surface area contributed by atoms with Crippen LogP contribution >= 0.6 is 0 Å². The van der Waals surface area contributed by atoms with Gasteiger partial charge in [-0.25, -0.2) is 9.69 Å². The highest BCUT2D eigenvalue weighted by Gasteiger charge is 2.49. The van der Waals surface area contributed by atoms with Crippen LogP contribution in [0.2, 0.25) is 0 Å². The Morgan fingerprint density at radius 1 is 1.20 bits per heavy atom. The molecule has 5 amide bonds. The largest absolute Gasteiger partial charge is 0.358 e. The summed E-state index contributed by atoms with van der Waals surface area (Å²) in [6, 6.07) is -0.898. The highest BCUT2D eigenvalue weighted by molar-refractivity contribution is 6.45. The summed E-state index contributed by atoms with van der Waals surface area (Å²) in [6.07, 6.45) is 3.67. The molecule has 2 fully saturated rings. The predicted molar refractivity (Wildman–Crippen MR) is 69.4 cm³/mol. The minimum atomic E-state index is -0.906. The standard InChI is InChI=1S/C13H19N3O4/c1-8-5-3-4-6-9(8)16-12(19)11(18)15(13(16)20)7-10(17)14-2/h8-9H,3-7H2,1-2H3,(H,14,17)/t8-,9-/m0/s1. The first-order valence-electron chi connectivity index (χ1n) is 6.87. The summed E-state index contributed by atoms with van der Waals surface area (Å²) in [4.78, 5) is 49.2. The molecule has 2 aliphatic rings. The highest BCUT2D eigenvalue weighted by Crippen LogP contribution is 2.31. The Kier molecular flexibility index (Phi) is 4.06. The Labute approximate surface area is 117 Å². The summed E-state index contributed by atoms with van der Waals surface area (Å²) in [7, 11) is 1.41. The molecule has 20 heavy (non-hydrogen) atoms. The van der Waals surface area contributed by atoms with Gasteiger partial charge in [0.1, 0.15) is 6.54 Å². The van der Waals surface area contributed by atoms with Crippen molar-refractivity contribution in [2.24, 2.45) is 5.92 Å². The minimum absolute atomic E-state index is 0.185. The van der Waals surface area contributed by atoms with Crippen LogP contribution in [0.25, 0.3) is 0 Å². The van der Waals surface area contributed by atoms with Crippen molar-refractivity contribution in [3.8, 4) is 0 Å². The summed E-state index contributed by atoms with van der Waals surface area (Å²) >= 11 is 0. The smallest absolute Gasteiger partial charge is 0.334 e. The van der Waals surface area contributed by atoms with Gasteiger partial charge in [-0.3, -0.25) is 19.3 Å². The number of amides is 5. The maximum Gasteiger partial charge on any atom is 0.334 e. The van der Waals surface area contributed by atoms with Gasteiger partial charge in [0.25, 0.3) is 0 Å². The van der Waals surface area contributed by atoms with Crippen molar-refractivity contribution in [3.63, 3.8) is 0 Å². The van der Waals surface area contributed by atoms with E-state index in [1.54, 1.807) is 0 Å². The molecule has 0 radical (unpaired) electrons. The van der Waals surface area contributed by atoms with Crippen LogP contribution in [0.5, 0.6) is 0 Å². The molecule has 0 aromatic heterocycles. The van der Waals surface area contributed by atoms with Crippen molar-refractivity contribution in [2.75, 3.05) is 13.6 Å². The van der Waals surface area contributed by atoms with Gasteiger partial charge in [-0.1, -0.05) is 19.8 Å². The van der Waals surface area contributed by atoms with Crippen molar-refractivity contribution in [3.05, 3.63) is 0 Å². The average molecular weight is 281 g/mol. The molecule has 0 aromatic rings. The molecule has 1 saturated carbocycles. The third-order valence-corrected chi connectivity index (χ3v) is 4.06. The lowest BCUT2D eigenvalue weighted by molar-refractivity contribution is -0.145. The van der Waals surface area contributed by atoms with Crippen LogP contribution in [0.4, 0.5) is 4.79 Å². The Balaban J connectivity index is 2.18. The zero-order valence-electron chi connectivity index (χ0n) is 11.7. The lowest BCUT2D eigenvalue weighted by Gasteiger charge is -2.34. The van der Waals surface area contributed by atoms with E-state index >= 15 is 0 Å². The first-order valence-corrected chi connectivity index (χ1v) is 6.87. The molecule has 0 bridgehead atoms. The number of imide groups is 2. The maximum atomic E-state index is 12.3. The fourth-order valence-electron chi connectivity index (χ4n) is 2.86. The third kappa shape index (κ3) is 2.39. The van der Waals surface area contributed by atoms with Crippen LogP contribution in [-0.2, 0) is 14.4 Å². The molecule has 1 heterocycles. The van der Waals surface area contributed by atoms with Crippen molar-refractivity contribution >= 4 is 23.8 Å². The van der Waals surface area contributed by atoms with E-state index in [4.69, 9.17) is 0 Å². The molecule has 7 nitrogen and oxygen atoms in total. The quantitative estimate of drug-likeness (QED) is 0.587. The van der Waals surface area contributed by atoms with Gasteiger partial charge in [-0.15, -0.1) is 0 Å². The van der Waals surface area contributed by atoms with Crippen LogP contribution in [-0.4, -0.2) is 53.2 Å². The average Bonchev–Trinajstić information content (AvgIpc) is 2.64. The van der Waals surface area contributed by atoms with E-state index < -0.39 is 30.3 Å². The molecule has 2 rings (SSSR count). The van der Waals surface area contributed by atoms with Gasteiger partial charge < -0.3 is 5.32 Å². The molecule has 7 heteroatoms. The van der Waals surface area contributed by atoms with Gasteiger partial charge in [-0.05, 0) is 18.8 Å². The summed E-state index contributed by atoms with van der Waals surface area (Å²) in [6.45, 7) is 1.58. The number of carbonyl (C=O) groups excluding carboxylic acids is 4. The number of nitrogens with one attached hydrogen (secondary N) is 1. The Bertz CT molecular complexity index is 463. The van der Waals surface area contributed by atoms with Gasteiger partial charge in [-0.2, -0.15) is 0 Å². The summed E-state index contributed by atoms with van der Waals surface area (Å²) in [5, 5.41) is 2.34. The van der Waals surface area contributed by atoms with E-state index in [2.05, 4.69) is 5.32 Å². The summed E-state index contributed by atoms with van der Waals surface area (Å²) < 4.78 is 0. The summed E-state index contributed by atoms with van der Waals surface area (Å²) in [5.74, 6) is -2.00. The van der Waals surface area contributed by atoms with Crippen LogP contribution in [0.15, 0.2) is 0 Å². The second-order valence-corrected chi connectivity index (χ2v) is 5.35. The van der Waals surface area contributed by atoms with Gasteiger partial charge in [0.2, 0.25) is 5.91 Å². The molecule has 2 atom stereocenters. The Morgan fingerprint density at radius 2 is 1.85 bits per heavy atom. The van der Waals surface area contributed by atoms with Gasteiger partial charge in [0.05, 0.1) is 0 Å². The van der Waals surface area contributed by atoms with Crippen LogP contribution in [0.1, 0.15) is 32.6 Å². The van der Waals surface area contributed by atoms with Crippen molar-refractivity contribution < 1.29 is 19.2 Å². The van der Waals surface area contributed by atoms with E-state index in [1.807, 2.05) is 6.92 Å². The van der Waals surface area contributed by atoms with Gasteiger partial charge in [0, 0.05) is 13.1 Å². The number of urea groups is 1. The summed E-state index contributed by atoms with van der Waals surface area (Å²) in [5.41, 5.74) is 0. The van der Waals surface area contributed by atoms with Gasteiger partial charge in [0.15, 0.2) is 0 Å². The Hall–Kier alpha value is -1.92. The van der Waals surface area contributed by atoms with Crippen LogP contribution in [0, 0.1) is 5.92 Å². The molecule has 1 saturated heterocycles. The number of nitrogens with zero attached hydrogens (tertiary/aromatic N) is 2. The zero-order valence-corrected chi connectivity index (χ0v) is 11.7. The van der Waals surface area contributed by atoms with E-state index in [-0.39, 0.29) is 12.0 Å². The highest BCUT2D eigenvalue weighted by atomic mass is 16.2. The van der Waals surface area contributed by atoms with Gasteiger partial charge >= 0.3 is 17.8 Å². The second-order valence-electron chi connectivity index (χ2n) is 5.35. The molecule has 0 aromatic carbocycles. The third-order valence-electron chi connectivity index (χ3n) is 4.06. The lowest BCUT2D eigenvalue weighted by Crippen LogP contribution is -2.46. The second kappa shape index (κ2) is 5.60. The van der Waals surface area contributed by atoms with Crippen LogP contribution in [0.3, 0.4) is 0 Å². The molecular weight excluding hydrogens is 262 g/mol. The maximum absolute atomic E-state index is 12.3. The normalized spacial score (nSPS) is 27.2. The molecule has 0 spiro atoms. The SMILES string of the molecule is CNC(=O)CN1C(=O)C(=O)N([C@H]2CCCC[C@@H]2C)C1=O. The van der Waals surface area contributed by atoms with E-state index in [1.165, 1.54) is 7.05 Å². The molecule has 110 valence electrons. The molecule has 1 aliphatic carbocycles. The minimum Gasteiger partial charge on any atom is -0.358 e. The Morgan fingerprint density at radius 3 is 2.45 bits per heavy atom. The molecular formula is C13H19N3O4. The number of likely N-dealkylation sites (N-methyl/N-ethyl adjacent to an activating group) is 1. The first kappa shape index (κ1) is 14.5. The lowest BCUT2D eigenvalue weighted by atomic mass is 9.85. The zero-order chi connectivity index (χ0) is 14.9. The van der Waals surface area contributed by atoms with Crippen LogP contribution < -0.4 is 5.32 Å². The fourth-order valence-corrected chi connectivity index (χ4v) is 2.86. The first-order chi connectivity index (χ1) is 9.47. The number of hydrogen-bond acceptors (Lipinski definition) is 4. The van der Waals surface area contributed by atoms with E-state index in [9.17, 15) is 19.2 Å². The van der Waals surface area contributed by atoms with Crippen molar-refractivity contribution in [1.82, 2.24) is 15.1 Å². The number of rotatable bonds is 3. The molecule has 1 N–H and O–H groups in total. The number of hydrogen-bond donors (Lipinski definition) is 1. The van der Waals surface area contributed by atoms with Crippen molar-refractivity contribution in [2.45, 2.75) is 38.6 Å². The monoisotopic (exact) mass is 281 g/mol. The topological polar surface area (TPSA) is 86.8 Å².